The topological polar surface area (TPSA) is 35.6 Å². The van der Waals surface area contributed by atoms with Gasteiger partial charge in [0, 0.05) is 36.2 Å². The van der Waals surface area contributed by atoms with Crippen molar-refractivity contribution in [2.45, 2.75) is 6.42 Å². The summed E-state index contributed by atoms with van der Waals surface area (Å²) in [5.74, 6) is 0. The van der Waals surface area contributed by atoms with Crippen LogP contribution in [-0.2, 0) is 6.42 Å². The molecule has 1 aliphatic carbocycles. The predicted molar refractivity (Wildman–Crippen MR) is 88.9 cm³/mol. The van der Waals surface area contributed by atoms with Gasteiger partial charge in [-0.2, -0.15) is 0 Å². The first-order valence-electron chi connectivity index (χ1n) is 7.61. The fourth-order valence-electron chi connectivity index (χ4n) is 3.33. The van der Waals surface area contributed by atoms with Crippen molar-refractivity contribution in [2.24, 2.45) is 0 Å². The van der Waals surface area contributed by atoms with E-state index in [1.807, 2.05) is 34.2 Å². The zero-order valence-electron chi connectivity index (χ0n) is 12.4. The van der Waals surface area contributed by atoms with E-state index in [2.05, 4.69) is 46.4 Å². The second-order valence-corrected chi connectivity index (χ2v) is 5.80. The Labute approximate surface area is 133 Å². The molecule has 4 heteroatoms. The standard InChI is InChI=1S/C19H14N4/c1-3-18-14(10-16(1)22-7-5-20-12-22)9-15-11-17(2-4-19(15)18)23-8-6-21-13-23/h1-8,10-13H,9H2. The van der Waals surface area contributed by atoms with Gasteiger partial charge in [0.1, 0.15) is 0 Å². The average Bonchev–Trinajstić information content (AvgIpc) is 3.32. The Morgan fingerprint density at radius 1 is 0.696 bits per heavy atom. The second-order valence-electron chi connectivity index (χ2n) is 5.80. The minimum atomic E-state index is 0.968. The van der Waals surface area contributed by atoms with E-state index in [0.29, 0.717) is 0 Å². The van der Waals surface area contributed by atoms with Crippen molar-refractivity contribution < 1.29 is 0 Å². The summed E-state index contributed by atoms with van der Waals surface area (Å²) in [6, 6.07) is 13.3. The quantitative estimate of drug-likeness (QED) is 0.499. The van der Waals surface area contributed by atoms with E-state index in [0.717, 1.165) is 17.8 Å². The Hall–Kier alpha value is -3.14. The van der Waals surface area contributed by atoms with Gasteiger partial charge in [0.25, 0.3) is 0 Å². The van der Waals surface area contributed by atoms with Crippen LogP contribution in [0, 0.1) is 0 Å². The molecule has 0 atom stereocenters. The number of rotatable bonds is 2. The van der Waals surface area contributed by atoms with Crippen LogP contribution in [0.1, 0.15) is 11.1 Å². The molecule has 5 rings (SSSR count). The van der Waals surface area contributed by atoms with Crippen LogP contribution in [-0.4, -0.2) is 19.1 Å². The van der Waals surface area contributed by atoms with Crippen molar-refractivity contribution in [1.29, 1.82) is 0 Å². The summed E-state index contributed by atoms with van der Waals surface area (Å²) in [6.07, 6.45) is 12.2. The maximum atomic E-state index is 4.13. The Bertz CT molecular complexity index is 901. The van der Waals surface area contributed by atoms with Crippen LogP contribution in [0.25, 0.3) is 22.5 Å². The second kappa shape index (κ2) is 4.68. The number of imidazole rings is 2. The molecule has 0 saturated carbocycles. The summed E-state index contributed by atoms with van der Waals surface area (Å²) >= 11 is 0. The van der Waals surface area contributed by atoms with E-state index in [-0.39, 0.29) is 0 Å². The van der Waals surface area contributed by atoms with E-state index in [1.54, 1.807) is 12.4 Å². The third kappa shape index (κ3) is 1.92. The molecule has 0 aliphatic heterocycles. The largest absolute Gasteiger partial charge is 0.306 e. The summed E-state index contributed by atoms with van der Waals surface area (Å²) in [4.78, 5) is 8.25. The van der Waals surface area contributed by atoms with Gasteiger partial charge in [0.15, 0.2) is 0 Å². The van der Waals surface area contributed by atoms with Gasteiger partial charge in [0.2, 0.25) is 0 Å². The van der Waals surface area contributed by atoms with Gasteiger partial charge in [-0.25, -0.2) is 9.97 Å². The first-order chi connectivity index (χ1) is 11.4. The SMILES string of the molecule is c1cn(-c2ccc3c(c2)Cc2cc(-n4ccnc4)ccc2-3)cn1. The van der Waals surface area contributed by atoms with Crippen LogP contribution in [0.15, 0.2) is 73.8 Å². The molecular weight excluding hydrogens is 284 g/mol. The molecule has 23 heavy (non-hydrogen) atoms. The van der Waals surface area contributed by atoms with Crippen molar-refractivity contribution in [2.75, 3.05) is 0 Å². The van der Waals surface area contributed by atoms with E-state index >= 15 is 0 Å². The molecule has 2 aromatic carbocycles. The summed E-state index contributed by atoms with van der Waals surface area (Å²) in [5, 5.41) is 0. The lowest BCUT2D eigenvalue weighted by molar-refractivity contribution is 1.05. The summed E-state index contributed by atoms with van der Waals surface area (Å²) in [7, 11) is 0. The Morgan fingerprint density at radius 2 is 1.22 bits per heavy atom. The molecule has 1 aliphatic rings. The molecule has 2 heterocycles. The molecule has 110 valence electrons. The lowest BCUT2D eigenvalue weighted by atomic mass is 10.0. The van der Waals surface area contributed by atoms with E-state index in [1.165, 1.54) is 22.3 Å². The minimum absolute atomic E-state index is 0.968. The van der Waals surface area contributed by atoms with E-state index in [9.17, 15) is 0 Å². The lowest BCUT2D eigenvalue weighted by Crippen LogP contribution is -1.92. The molecule has 4 nitrogen and oxygen atoms in total. The maximum absolute atomic E-state index is 4.13. The normalized spacial score (nSPS) is 12.2. The number of benzene rings is 2. The summed E-state index contributed by atoms with van der Waals surface area (Å²) in [5.41, 5.74) is 7.72. The molecule has 0 N–H and O–H groups in total. The van der Waals surface area contributed by atoms with Crippen LogP contribution >= 0.6 is 0 Å². The number of hydrogen-bond acceptors (Lipinski definition) is 2. The fraction of sp³-hybridized carbons (Fsp3) is 0.0526. The molecule has 0 saturated heterocycles. The number of aromatic nitrogens is 4. The first-order valence-corrected chi connectivity index (χ1v) is 7.61. The molecule has 0 spiro atoms. The third-order valence-electron chi connectivity index (χ3n) is 4.45. The summed E-state index contributed by atoms with van der Waals surface area (Å²) < 4.78 is 4.08. The maximum Gasteiger partial charge on any atom is 0.0991 e. The monoisotopic (exact) mass is 298 g/mol. The molecular formula is C19H14N4. The van der Waals surface area contributed by atoms with Gasteiger partial charge in [-0.05, 0) is 52.9 Å². The zero-order valence-corrected chi connectivity index (χ0v) is 12.4. The van der Waals surface area contributed by atoms with Gasteiger partial charge in [0.05, 0.1) is 12.7 Å². The average molecular weight is 298 g/mol. The van der Waals surface area contributed by atoms with Crippen molar-refractivity contribution >= 4 is 0 Å². The highest BCUT2D eigenvalue weighted by Crippen LogP contribution is 2.38. The van der Waals surface area contributed by atoms with Crippen LogP contribution in [0.3, 0.4) is 0 Å². The summed E-state index contributed by atoms with van der Waals surface area (Å²) in [6.45, 7) is 0. The molecule has 0 fully saturated rings. The molecule has 2 aromatic heterocycles. The van der Waals surface area contributed by atoms with Gasteiger partial charge in [-0.3, -0.25) is 0 Å². The fourth-order valence-corrected chi connectivity index (χ4v) is 3.33. The molecule has 0 unspecified atom stereocenters. The molecule has 4 aromatic rings. The van der Waals surface area contributed by atoms with Gasteiger partial charge < -0.3 is 9.13 Å². The Kier molecular flexibility index (Phi) is 2.52. The predicted octanol–water partition coefficient (Wildman–Crippen LogP) is 3.63. The Morgan fingerprint density at radius 3 is 1.65 bits per heavy atom. The van der Waals surface area contributed by atoms with Crippen molar-refractivity contribution in [3.63, 3.8) is 0 Å². The van der Waals surface area contributed by atoms with Crippen LogP contribution in [0.5, 0.6) is 0 Å². The molecule has 0 bridgehead atoms. The number of fused-ring (bicyclic) bond motifs is 3. The molecule has 0 radical (unpaired) electrons. The first kappa shape index (κ1) is 12.4. The zero-order chi connectivity index (χ0) is 15.2. The van der Waals surface area contributed by atoms with E-state index < -0.39 is 0 Å². The smallest absolute Gasteiger partial charge is 0.0991 e. The van der Waals surface area contributed by atoms with Crippen LogP contribution in [0.4, 0.5) is 0 Å². The Balaban J connectivity index is 1.58. The van der Waals surface area contributed by atoms with Gasteiger partial charge in [-0.1, -0.05) is 12.1 Å². The number of nitrogens with zero attached hydrogens (tertiary/aromatic N) is 4. The molecule has 0 amide bonds. The van der Waals surface area contributed by atoms with Crippen LogP contribution < -0.4 is 0 Å². The van der Waals surface area contributed by atoms with Crippen LogP contribution in [0.2, 0.25) is 0 Å². The highest BCUT2D eigenvalue weighted by Gasteiger charge is 2.19. The van der Waals surface area contributed by atoms with E-state index in [4.69, 9.17) is 0 Å². The van der Waals surface area contributed by atoms with Crippen molar-refractivity contribution in [3.8, 4) is 22.5 Å². The van der Waals surface area contributed by atoms with Crippen molar-refractivity contribution in [3.05, 3.63) is 85.0 Å². The lowest BCUT2D eigenvalue weighted by Gasteiger charge is -2.06. The number of hydrogen-bond donors (Lipinski definition) is 0. The highest BCUT2D eigenvalue weighted by molar-refractivity contribution is 5.78. The minimum Gasteiger partial charge on any atom is -0.306 e. The van der Waals surface area contributed by atoms with Crippen molar-refractivity contribution in [1.82, 2.24) is 19.1 Å². The van der Waals surface area contributed by atoms with Gasteiger partial charge >= 0.3 is 0 Å². The van der Waals surface area contributed by atoms with Gasteiger partial charge in [-0.15, -0.1) is 0 Å². The third-order valence-corrected chi connectivity index (χ3v) is 4.45. The highest BCUT2D eigenvalue weighted by atomic mass is 15.0.